The highest BCUT2D eigenvalue weighted by atomic mass is 35.5. The number of carbonyl (C=O) groups is 3. The fraction of sp³-hybridized carbons (Fsp3) is 0.500. The normalized spacial score (nSPS) is 12.5. The minimum absolute atomic E-state index is 0.155. The van der Waals surface area contributed by atoms with Gasteiger partial charge in [0.1, 0.15) is 6.61 Å². The first-order valence-electron chi connectivity index (χ1n) is 19.7. The summed E-state index contributed by atoms with van der Waals surface area (Å²) in [6.07, 6.45) is 58.5. The van der Waals surface area contributed by atoms with E-state index in [9.17, 15) is 14.4 Å². The molecule has 0 spiro atoms. The molecule has 0 radical (unpaired) electrons. The molecule has 0 aliphatic carbocycles. The zero-order valence-electron chi connectivity index (χ0n) is 32.9. The standard InChI is InChI=1S/C24H35ClO3.C22H35NO2/c1-2-3-4-5-6-7-8-9-10-11-12-13-14-15-16-17-18-21-24(27)28-22-19-20-23(25)26;1-2-3-4-5-6-7-8-9-10-11-12-13-14-15-16-17-18-19-22(24)25-21-20-23/h3-4,6-7,9-10,12-13,15-16H,2,5,8,11,14,17-22H2,1H3;3-4,6-7,9-10,12-13,15-16H,2,5,8,11,14,17-21,23H2,1H3/b2*4-3-,7-6-,10-9-,13-12-,16-15-. The van der Waals surface area contributed by atoms with E-state index in [1.807, 2.05) is 0 Å². The summed E-state index contributed by atoms with van der Waals surface area (Å²) in [7, 11) is 0. The maximum Gasteiger partial charge on any atom is 0.305 e. The fourth-order valence-corrected chi connectivity index (χ4v) is 4.31. The molecule has 0 fully saturated rings. The number of allylic oxidation sites excluding steroid dienone is 20. The Balaban J connectivity index is 0. The molecule has 53 heavy (non-hydrogen) atoms. The summed E-state index contributed by atoms with van der Waals surface area (Å²) in [5.74, 6) is -0.368. The summed E-state index contributed by atoms with van der Waals surface area (Å²) in [6, 6.07) is 0. The highest BCUT2D eigenvalue weighted by molar-refractivity contribution is 6.63. The van der Waals surface area contributed by atoms with Crippen molar-refractivity contribution in [2.45, 2.75) is 129 Å². The highest BCUT2D eigenvalue weighted by Gasteiger charge is 2.03. The van der Waals surface area contributed by atoms with Crippen molar-refractivity contribution in [2.75, 3.05) is 19.8 Å². The molecule has 0 amide bonds. The molecule has 0 bridgehead atoms. The van der Waals surface area contributed by atoms with Crippen LogP contribution < -0.4 is 5.73 Å². The van der Waals surface area contributed by atoms with Crippen LogP contribution in [-0.2, 0) is 23.9 Å². The summed E-state index contributed by atoms with van der Waals surface area (Å²) >= 11 is 5.21. The van der Waals surface area contributed by atoms with E-state index in [-0.39, 0.29) is 25.0 Å². The smallest absolute Gasteiger partial charge is 0.305 e. The van der Waals surface area contributed by atoms with E-state index < -0.39 is 5.24 Å². The lowest BCUT2D eigenvalue weighted by Crippen LogP contribution is -2.13. The van der Waals surface area contributed by atoms with Gasteiger partial charge in [-0.05, 0) is 108 Å². The van der Waals surface area contributed by atoms with Crippen LogP contribution in [-0.4, -0.2) is 36.9 Å². The molecule has 7 heteroatoms. The van der Waals surface area contributed by atoms with Crippen molar-refractivity contribution < 1.29 is 23.9 Å². The second-order valence-electron chi connectivity index (χ2n) is 11.9. The average molecular weight is 753 g/mol. The molecule has 0 aromatic rings. The maximum absolute atomic E-state index is 11.5. The maximum atomic E-state index is 11.5. The van der Waals surface area contributed by atoms with Crippen LogP contribution in [0.25, 0.3) is 0 Å². The van der Waals surface area contributed by atoms with Crippen molar-refractivity contribution in [3.8, 4) is 0 Å². The van der Waals surface area contributed by atoms with Crippen molar-refractivity contribution in [2.24, 2.45) is 5.73 Å². The molecule has 0 aromatic heterocycles. The molecule has 0 atom stereocenters. The van der Waals surface area contributed by atoms with Gasteiger partial charge in [0, 0.05) is 25.8 Å². The number of esters is 2. The average Bonchev–Trinajstić information content (AvgIpc) is 3.15. The largest absolute Gasteiger partial charge is 0.466 e. The van der Waals surface area contributed by atoms with E-state index in [0.29, 0.717) is 32.4 Å². The number of rotatable bonds is 32. The van der Waals surface area contributed by atoms with Gasteiger partial charge in [0.15, 0.2) is 0 Å². The highest BCUT2D eigenvalue weighted by Crippen LogP contribution is 2.03. The van der Waals surface area contributed by atoms with Gasteiger partial charge in [0.2, 0.25) is 5.24 Å². The van der Waals surface area contributed by atoms with Gasteiger partial charge in [-0.25, -0.2) is 0 Å². The lowest BCUT2D eigenvalue weighted by molar-refractivity contribution is -0.144. The SMILES string of the molecule is CC/C=C\C/C=C\C/C=C\C/C=C\C/C=C\CCCC(=O)OCCCC(=O)Cl.CC/C=C\C/C=C\C/C=C\C/C=C\C/C=C\CCCC(=O)OCCN. The predicted molar refractivity (Wildman–Crippen MR) is 228 cm³/mol. The lowest BCUT2D eigenvalue weighted by atomic mass is 10.2. The quantitative estimate of drug-likeness (QED) is 0.0318. The van der Waals surface area contributed by atoms with Crippen molar-refractivity contribution in [3.63, 3.8) is 0 Å². The third-order valence-corrected chi connectivity index (χ3v) is 7.17. The Hall–Kier alpha value is -3.74. The van der Waals surface area contributed by atoms with Crippen LogP contribution in [0.3, 0.4) is 0 Å². The number of carbonyl (C=O) groups excluding carboxylic acids is 3. The van der Waals surface area contributed by atoms with Crippen molar-refractivity contribution in [1.29, 1.82) is 0 Å². The molecule has 0 saturated carbocycles. The van der Waals surface area contributed by atoms with E-state index in [2.05, 4.69) is 135 Å². The number of hydrogen-bond donors (Lipinski definition) is 1. The number of ether oxygens (including phenoxy) is 2. The Bertz CT molecular complexity index is 1170. The fourth-order valence-electron chi connectivity index (χ4n) is 4.18. The minimum atomic E-state index is -0.394. The number of unbranched alkanes of at least 4 members (excludes halogenated alkanes) is 2. The molecular formula is C46H70ClNO5. The minimum Gasteiger partial charge on any atom is -0.466 e. The van der Waals surface area contributed by atoms with Gasteiger partial charge in [-0.3, -0.25) is 14.4 Å². The van der Waals surface area contributed by atoms with Crippen LogP contribution in [0.1, 0.15) is 129 Å². The van der Waals surface area contributed by atoms with Crippen LogP contribution in [0.2, 0.25) is 0 Å². The van der Waals surface area contributed by atoms with Crippen molar-refractivity contribution in [1.82, 2.24) is 0 Å². The van der Waals surface area contributed by atoms with Crippen molar-refractivity contribution >= 4 is 28.8 Å². The van der Waals surface area contributed by atoms with Gasteiger partial charge < -0.3 is 15.2 Å². The van der Waals surface area contributed by atoms with E-state index >= 15 is 0 Å². The Morgan fingerprint density at radius 1 is 0.434 bits per heavy atom. The van der Waals surface area contributed by atoms with Gasteiger partial charge in [-0.15, -0.1) is 0 Å². The third kappa shape index (κ3) is 50.4. The predicted octanol–water partition coefficient (Wildman–Crippen LogP) is 12.4. The first kappa shape index (κ1) is 51.4. The van der Waals surface area contributed by atoms with Crippen LogP contribution in [0.5, 0.6) is 0 Å². The van der Waals surface area contributed by atoms with E-state index in [1.54, 1.807) is 0 Å². The first-order chi connectivity index (χ1) is 26.0. The summed E-state index contributed by atoms with van der Waals surface area (Å²) < 4.78 is 9.93. The molecule has 0 unspecified atom stereocenters. The van der Waals surface area contributed by atoms with Gasteiger partial charge in [-0.1, -0.05) is 135 Å². The summed E-state index contributed by atoms with van der Waals surface area (Å²) in [6.45, 7) is 5.26. The van der Waals surface area contributed by atoms with Crippen LogP contribution in [0.4, 0.5) is 0 Å². The number of nitrogens with two attached hydrogens (primary N) is 1. The third-order valence-electron chi connectivity index (χ3n) is 6.98. The monoisotopic (exact) mass is 751 g/mol. The lowest BCUT2D eigenvalue weighted by Gasteiger charge is -2.02. The summed E-state index contributed by atoms with van der Waals surface area (Å²) in [5, 5.41) is -0.394. The van der Waals surface area contributed by atoms with Crippen LogP contribution in [0, 0.1) is 0 Å². The topological polar surface area (TPSA) is 95.7 Å². The second kappa shape index (κ2) is 46.3. The Kier molecular flexibility index (Phi) is 44.9. The Morgan fingerprint density at radius 2 is 0.736 bits per heavy atom. The Morgan fingerprint density at radius 3 is 1.04 bits per heavy atom. The Labute approximate surface area is 328 Å². The first-order valence-corrected chi connectivity index (χ1v) is 20.0. The molecule has 6 nitrogen and oxygen atoms in total. The van der Waals surface area contributed by atoms with Crippen LogP contribution >= 0.6 is 11.6 Å². The molecule has 0 aliphatic rings. The number of halogens is 1. The zero-order chi connectivity index (χ0) is 39.1. The van der Waals surface area contributed by atoms with Gasteiger partial charge in [0.05, 0.1) is 6.61 Å². The molecule has 296 valence electrons. The zero-order valence-corrected chi connectivity index (χ0v) is 33.6. The van der Waals surface area contributed by atoms with E-state index in [1.165, 1.54) is 0 Å². The van der Waals surface area contributed by atoms with Crippen LogP contribution in [0.15, 0.2) is 122 Å². The molecule has 0 aromatic carbocycles. The summed E-state index contributed by atoms with van der Waals surface area (Å²) in [4.78, 5) is 33.2. The molecule has 2 N–H and O–H groups in total. The molecular weight excluding hydrogens is 682 g/mol. The second-order valence-corrected chi connectivity index (χ2v) is 12.3. The number of hydrogen-bond acceptors (Lipinski definition) is 6. The molecule has 0 aliphatic heterocycles. The molecule has 0 rings (SSSR count). The van der Waals surface area contributed by atoms with Gasteiger partial charge >= 0.3 is 11.9 Å². The molecule has 0 heterocycles. The van der Waals surface area contributed by atoms with Gasteiger partial charge in [-0.2, -0.15) is 0 Å². The van der Waals surface area contributed by atoms with E-state index in [4.69, 9.17) is 26.8 Å². The summed E-state index contributed by atoms with van der Waals surface area (Å²) in [5.41, 5.74) is 5.27. The van der Waals surface area contributed by atoms with Gasteiger partial charge in [0.25, 0.3) is 0 Å². The van der Waals surface area contributed by atoms with E-state index in [0.717, 1.165) is 89.9 Å². The molecule has 0 saturated heterocycles. The van der Waals surface area contributed by atoms with Crippen molar-refractivity contribution in [3.05, 3.63) is 122 Å².